The van der Waals surface area contributed by atoms with Crippen molar-refractivity contribution in [1.82, 2.24) is 9.97 Å². The van der Waals surface area contributed by atoms with Crippen molar-refractivity contribution >= 4 is 28.0 Å². The van der Waals surface area contributed by atoms with Gasteiger partial charge in [-0.1, -0.05) is 109 Å². The van der Waals surface area contributed by atoms with E-state index in [0.717, 1.165) is 53.3 Å². The second-order valence-corrected chi connectivity index (χ2v) is 14.3. The maximum atomic E-state index is 12.2. The molecular formula is C41H51IrN2O4-. The van der Waals surface area contributed by atoms with Crippen LogP contribution < -0.4 is 0 Å². The van der Waals surface area contributed by atoms with Gasteiger partial charge in [0, 0.05) is 42.6 Å². The number of rotatable bonds is 9. The van der Waals surface area contributed by atoms with Gasteiger partial charge in [-0.2, -0.15) is 4.98 Å². The van der Waals surface area contributed by atoms with Gasteiger partial charge in [0.1, 0.15) is 5.76 Å². The Kier molecular flexibility index (Phi) is 12.4. The van der Waals surface area contributed by atoms with Gasteiger partial charge in [0.25, 0.3) is 11.4 Å². The van der Waals surface area contributed by atoms with Crippen LogP contribution in [0.1, 0.15) is 105 Å². The van der Waals surface area contributed by atoms with Crippen molar-refractivity contribution in [2.24, 2.45) is 10.8 Å². The second kappa shape index (κ2) is 15.3. The summed E-state index contributed by atoms with van der Waals surface area (Å²) in [6.07, 6.45) is 4.75. The Labute approximate surface area is 299 Å². The molecule has 0 saturated heterocycles. The number of aliphatic hydroxyl groups is 1. The van der Waals surface area contributed by atoms with E-state index < -0.39 is 0 Å². The zero-order chi connectivity index (χ0) is 34.7. The fourth-order valence-corrected chi connectivity index (χ4v) is 5.63. The van der Waals surface area contributed by atoms with E-state index >= 15 is 0 Å². The van der Waals surface area contributed by atoms with Crippen LogP contribution in [-0.4, -0.2) is 20.9 Å². The molecule has 0 aliphatic carbocycles. The first kappa shape index (κ1) is 38.9. The quantitative estimate of drug-likeness (QED) is 0.0904. The molecule has 0 bridgehead atoms. The van der Waals surface area contributed by atoms with Crippen molar-refractivity contribution in [3.05, 3.63) is 83.1 Å². The molecule has 7 heteroatoms. The molecule has 259 valence electrons. The molecule has 5 aromatic rings. The average molecular weight is 828 g/mol. The number of benzene rings is 3. The molecule has 0 spiro atoms. The molecule has 0 atom stereocenters. The number of aliphatic hydroxyl groups excluding tert-OH is 1. The van der Waals surface area contributed by atoms with Crippen LogP contribution in [0, 0.1) is 30.7 Å². The van der Waals surface area contributed by atoms with Crippen LogP contribution in [0.25, 0.3) is 45.1 Å². The number of ketones is 1. The fraction of sp³-hybridized carbons (Fsp3) is 0.439. The zero-order valence-electron chi connectivity index (χ0n) is 30.4. The summed E-state index contributed by atoms with van der Waals surface area (Å²) in [4.78, 5) is 21.3. The van der Waals surface area contributed by atoms with E-state index in [-0.39, 0.29) is 47.9 Å². The summed E-state index contributed by atoms with van der Waals surface area (Å²) in [7, 11) is 0. The summed E-state index contributed by atoms with van der Waals surface area (Å²) in [5.41, 5.74) is 5.46. The normalized spacial score (nSPS) is 12.5. The first-order valence-electron chi connectivity index (χ1n) is 16.8. The van der Waals surface area contributed by atoms with Crippen LogP contribution in [0.2, 0.25) is 0 Å². The van der Waals surface area contributed by atoms with Crippen LogP contribution in [0.15, 0.2) is 69.2 Å². The Hall–Kier alpha value is -3.54. The van der Waals surface area contributed by atoms with Crippen LogP contribution >= 0.6 is 0 Å². The first-order chi connectivity index (χ1) is 22.1. The number of aryl methyl sites for hydroxylation is 2. The fourth-order valence-electron chi connectivity index (χ4n) is 5.63. The molecule has 6 nitrogen and oxygen atoms in total. The number of nitrogens with zero attached hydrogens (tertiary/aromatic N) is 2. The van der Waals surface area contributed by atoms with Crippen molar-refractivity contribution in [3.8, 4) is 22.9 Å². The van der Waals surface area contributed by atoms with E-state index in [4.69, 9.17) is 8.83 Å². The smallest absolute Gasteiger partial charge is 0.280 e. The van der Waals surface area contributed by atoms with Crippen molar-refractivity contribution in [3.63, 3.8) is 0 Å². The molecule has 48 heavy (non-hydrogen) atoms. The van der Waals surface area contributed by atoms with Crippen molar-refractivity contribution < 1.29 is 38.8 Å². The first-order valence-corrected chi connectivity index (χ1v) is 16.8. The third kappa shape index (κ3) is 8.36. The van der Waals surface area contributed by atoms with Gasteiger partial charge >= 0.3 is 0 Å². The van der Waals surface area contributed by atoms with E-state index in [0.29, 0.717) is 23.2 Å². The molecule has 0 aliphatic rings. The molecule has 0 unspecified atom stereocenters. The number of carbonyl (C=O) groups is 1. The van der Waals surface area contributed by atoms with Gasteiger partial charge < -0.3 is 13.9 Å². The Morgan fingerprint density at radius 1 is 0.792 bits per heavy atom. The van der Waals surface area contributed by atoms with Gasteiger partial charge in [-0.3, -0.25) is 4.79 Å². The third-order valence-electron chi connectivity index (χ3n) is 9.86. The molecule has 0 fully saturated rings. The number of hydrogen-bond donors (Lipinski definition) is 1. The number of allylic oxidation sites excluding steroid dienone is 2. The molecule has 1 radical (unpaired) electrons. The number of oxazole rings is 2. The molecule has 5 rings (SSSR count). The molecule has 0 aliphatic heterocycles. The average Bonchev–Trinajstić information content (AvgIpc) is 3.63. The van der Waals surface area contributed by atoms with Gasteiger partial charge in [0.05, 0.1) is 0 Å². The summed E-state index contributed by atoms with van der Waals surface area (Å²) in [5, 5.41) is 12.4. The van der Waals surface area contributed by atoms with Crippen LogP contribution in [-0.2, 0) is 30.3 Å². The van der Waals surface area contributed by atoms with E-state index in [1.807, 2.05) is 59.7 Å². The Morgan fingerprint density at radius 2 is 1.31 bits per heavy atom. The topological polar surface area (TPSA) is 89.4 Å². The summed E-state index contributed by atoms with van der Waals surface area (Å²) in [6.45, 7) is 22.8. The summed E-state index contributed by atoms with van der Waals surface area (Å²) < 4.78 is 11.9. The molecule has 0 saturated carbocycles. The van der Waals surface area contributed by atoms with E-state index in [2.05, 4.69) is 81.0 Å². The molecular weight excluding hydrogens is 777 g/mol. The van der Waals surface area contributed by atoms with Crippen molar-refractivity contribution in [2.75, 3.05) is 0 Å². The van der Waals surface area contributed by atoms with Crippen molar-refractivity contribution in [2.45, 2.75) is 107 Å². The standard InChI is InChI=1S/C26H23N2O2.C15H28O2.Ir/c1-15-10-16(2)12-18(11-15)22-27-24-25(29-22)28-23(30-24)19-13-17-8-6-7-9-20(17)21(14-19)26(3,4)5;1-7-14(5,8-2)12(16)11-13(17)15(6,9-3)10-4;/h6-12,14H,1-5H3;11,16H,7-10H2,1-6H3;/q-1;;/b;12-11-;. The molecule has 1 N–H and O–H groups in total. The predicted octanol–water partition coefficient (Wildman–Crippen LogP) is 11.7. The minimum Gasteiger partial charge on any atom is -0.512 e. The number of hydrogen-bond acceptors (Lipinski definition) is 6. The minimum atomic E-state index is -0.337. The molecule has 2 aromatic heterocycles. The number of fused-ring (bicyclic) bond motifs is 2. The minimum absolute atomic E-state index is 0. The number of carbonyl (C=O) groups excluding carboxylic acids is 1. The maximum Gasteiger partial charge on any atom is 0.280 e. The second-order valence-electron chi connectivity index (χ2n) is 14.3. The number of aromatic nitrogens is 2. The van der Waals surface area contributed by atoms with Crippen LogP contribution in [0.4, 0.5) is 0 Å². The van der Waals surface area contributed by atoms with Crippen LogP contribution in [0.3, 0.4) is 0 Å². The third-order valence-corrected chi connectivity index (χ3v) is 9.86. The maximum absolute atomic E-state index is 12.2. The van der Waals surface area contributed by atoms with Gasteiger partial charge in [-0.25, -0.2) is 4.98 Å². The Morgan fingerprint density at radius 3 is 1.85 bits per heavy atom. The van der Waals surface area contributed by atoms with Crippen LogP contribution in [0.5, 0.6) is 0 Å². The van der Waals surface area contributed by atoms with Gasteiger partial charge in [0.15, 0.2) is 11.7 Å². The SMILES string of the molecule is CCC(C)(CC)C(=O)/C=C(\O)C(C)(CC)CC.Cc1cc(C)cc(-c2nc3oc(-c4[c-]c5ccccc5c(C(C)(C)C)c4)nc3o2)c1.[Ir]. The largest absolute Gasteiger partial charge is 0.512 e. The predicted molar refractivity (Wildman–Crippen MR) is 193 cm³/mol. The molecule has 0 amide bonds. The summed E-state index contributed by atoms with van der Waals surface area (Å²) in [5.74, 6) is 1.28. The van der Waals surface area contributed by atoms with E-state index in [1.54, 1.807) is 0 Å². The zero-order valence-corrected chi connectivity index (χ0v) is 32.8. The molecule has 2 heterocycles. The van der Waals surface area contributed by atoms with E-state index in [9.17, 15) is 9.90 Å². The van der Waals surface area contributed by atoms with E-state index in [1.165, 1.54) is 17.0 Å². The molecule has 3 aromatic carbocycles. The summed E-state index contributed by atoms with van der Waals surface area (Å²) in [6, 6.07) is 20.0. The Bertz CT molecular complexity index is 1850. The van der Waals surface area contributed by atoms with Gasteiger partial charge in [0.2, 0.25) is 5.89 Å². The van der Waals surface area contributed by atoms with Gasteiger partial charge in [-0.05, 0) is 57.1 Å². The Balaban J connectivity index is 0.000000301. The van der Waals surface area contributed by atoms with Gasteiger partial charge in [-0.15, -0.1) is 29.1 Å². The summed E-state index contributed by atoms with van der Waals surface area (Å²) >= 11 is 0. The van der Waals surface area contributed by atoms with Crippen molar-refractivity contribution in [1.29, 1.82) is 0 Å². The monoisotopic (exact) mass is 828 g/mol.